The summed E-state index contributed by atoms with van der Waals surface area (Å²) in [6.07, 6.45) is 2.97. The van der Waals surface area contributed by atoms with E-state index in [1.807, 2.05) is 6.07 Å². The lowest BCUT2D eigenvalue weighted by molar-refractivity contribution is -0.384. The molecule has 0 aliphatic carbocycles. The van der Waals surface area contributed by atoms with E-state index < -0.39 is 10.7 Å². The molecule has 9 heteroatoms. The average Bonchev–Trinajstić information content (AvgIpc) is 3.12. The number of aromatic nitrogens is 2. The molecule has 0 saturated heterocycles. The summed E-state index contributed by atoms with van der Waals surface area (Å²) < 4.78 is 21.0. The summed E-state index contributed by atoms with van der Waals surface area (Å²) in [5.74, 6) is 0.00761. The maximum atomic E-state index is 14.2. The number of ether oxygens (including phenoxy) is 1. The molecule has 0 aliphatic heterocycles. The van der Waals surface area contributed by atoms with Gasteiger partial charge in [-0.2, -0.15) is 0 Å². The molecule has 0 radical (unpaired) electrons. The van der Waals surface area contributed by atoms with Crippen LogP contribution in [0.5, 0.6) is 11.5 Å². The number of hydrogen-bond donors (Lipinski definition) is 1. The van der Waals surface area contributed by atoms with Gasteiger partial charge in [-0.05, 0) is 36.4 Å². The molecule has 8 nitrogen and oxygen atoms in total. The van der Waals surface area contributed by atoms with Gasteiger partial charge in [0.25, 0.3) is 5.69 Å². The number of phenolic OH excluding ortho intramolecular Hbond substituents is 1. The number of nitrogens with zero attached hydrogens (tertiary/aromatic N) is 4. The average molecular weight is 406 g/mol. The summed E-state index contributed by atoms with van der Waals surface area (Å²) in [5.41, 5.74) is 1.44. The number of fused-ring (bicyclic) bond motifs is 1. The van der Waals surface area contributed by atoms with E-state index in [2.05, 4.69) is 9.98 Å². The Morgan fingerprint density at radius 3 is 2.83 bits per heavy atom. The molecule has 0 atom stereocenters. The molecule has 2 heterocycles. The van der Waals surface area contributed by atoms with E-state index in [9.17, 15) is 19.6 Å². The van der Waals surface area contributed by atoms with Crippen LogP contribution in [0.15, 0.2) is 65.8 Å². The topological polar surface area (TPSA) is 102 Å². The molecule has 0 spiro atoms. The molecule has 0 bridgehead atoms. The Hall–Kier alpha value is -4.27. The van der Waals surface area contributed by atoms with Crippen molar-refractivity contribution in [1.82, 2.24) is 9.38 Å². The molecule has 30 heavy (non-hydrogen) atoms. The molecule has 2 aromatic carbocycles. The Balaban J connectivity index is 1.87. The van der Waals surface area contributed by atoms with Crippen molar-refractivity contribution in [3.63, 3.8) is 0 Å². The van der Waals surface area contributed by atoms with Gasteiger partial charge in [-0.3, -0.25) is 14.5 Å². The van der Waals surface area contributed by atoms with Gasteiger partial charge in [0, 0.05) is 35.7 Å². The first-order valence-electron chi connectivity index (χ1n) is 8.80. The number of halogens is 1. The van der Waals surface area contributed by atoms with Gasteiger partial charge in [0.2, 0.25) is 0 Å². The predicted molar refractivity (Wildman–Crippen MR) is 109 cm³/mol. The SMILES string of the molecule is COc1cc(-c2nc3ccccn3c2/N=C/c2cc([N+](=O)[O-])ccc2F)ccc1O. The predicted octanol–water partition coefficient (Wildman–Crippen LogP) is 4.51. The first-order valence-corrected chi connectivity index (χ1v) is 8.80. The van der Waals surface area contributed by atoms with Gasteiger partial charge in [0.15, 0.2) is 17.3 Å². The summed E-state index contributed by atoms with van der Waals surface area (Å²) in [6, 6.07) is 13.4. The second-order valence-electron chi connectivity index (χ2n) is 6.32. The van der Waals surface area contributed by atoms with E-state index in [4.69, 9.17) is 4.74 Å². The van der Waals surface area contributed by atoms with Crippen LogP contribution in [0.3, 0.4) is 0 Å². The Labute approximate surface area is 169 Å². The Morgan fingerprint density at radius 2 is 2.07 bits per heavy atom. The van der Waals surface area contributed by atoms with E-state index in [1.165, 1.54) is 19.4 Å². The number of benzene rings is 2. The van der Waals surface area contributed by atoms with Gasteiger partial charge in [-0.1, -0.05) is 6.07 Å². The van der Waals surface area contributed by atoms with Crippen LogP contribution in [-0.4, -0.2) is 32.7 Å². The number of hydrogen-bond acceptors (Lipinski definition) is 6. The minimum atomic E-state index is -0.633. The van der Waals surface area contributed by atoms with E-state index >= 15 is 0 Å². The number of nitro benzene ring substituents is 1. The summed E-state index contributed by atoms with van der Waals surface area (Å²) in [5, 5.41) is 20.9. The number of phenols is 1. The Morgan fingerprint density at radius 1 is 1.23 bits per heavy atom. The third-order valence-electron chi connectivity index (χ3n) is 4.47. The van der Waals surface area contributed by atoms with Gasteiger partial charge in [-0.25, -0.2) is 14.4 Å². The van der Waals surface area contributed by atoms with Gasteiger partial charge in [0.1, 0.15) is 17.2 Å². The van der Waals surface area contributed by atoms with Gasteiger partial charge in [-0.15, -0.1) is 0 Å². The molecule has 0 fully saturated rings. The molecule has 0 unspecified atom stereocenters. The molecule has 150 valence electrons. The minimum Gasteiger partial charge on any atom is -0.504 e. The van der Waals surface area contributed by atoms with Crippen LogP contribution in [0.4, 0.5) is 15.9 Å². The monoisotopic (exact) mass is 406 g/mol. The fourth-order valence-electron chi connectivity index (χ4n) is 3.00. The van der Waals surface area contributed by atoms with Crippen LogP contribution in [-0.2, 0) is 0 Å². The highest BCUT2D eigenvalue weighted by molar-refractivity contribution is 5.86. The van der Waals surface area contributed by atoms with Crippen molar-refractivity contribution >= 4 is 23.4 Å². The highest BCUT2D eigenvalue weighted by atomic mass is 19.1. The number of rotatable bonds is 5. The van der Waals surface area contributed by atoms with Crippen LogP contribution in [0.1, 0.15) is 5.56 Å². The summed E-state index contributed by atoms with van der Waals surface area (Å²) in [4.78, 5) is 19.4. The second kappa shape index (κ2) is 7.63. The van der Waals surface area contributed by atoms with Crippen molar-refractivity contribution in [2.24, 2.45) is 4.99 Å². The molecule has 4 aromatic rings. The fraction of sp³-hybridized carbons (Fsp3) is 0.0476. The summed E-state index contributed by atoms with van der Waals surface area (Å²) >= 11 is 0. The lowest BCUT2D eigenvalue weighted by atomic mass is 10.1. The summed E-state index contributed by atoms with van der Waals surface area (Å²) in [6.45, 7) is 0. The number of imidazole rings is 1. The molecular formula is C21H15FN4O4. The minimum absolute atomic E-state index is 0.0197. The standard InChI is InChI=1S/C21H15FN4O4/c1-30-18-11-13(5-8-17(18)27)20-21(25-9-3-2-4-19(25)24-20)23-12-14-10-15(26(28)29)6-7-16(14)22/h2-12,27H,1H3/b23-12+. The highest BCUT2D eigenvalue weighted by Crippen LogP contribution is 2.36. The number of aliphatic imine (C=N–C) groups is 1. The van der Waals surface area contributed by atoms with Gasteiger partial charge in [0.05, 0.1) is 12.0 Å². The number of pyridine rings is 1. The first kappa shape index (κ1) is 19.1. The van der Waals surface area contributed by atoms with Crippen molar-refractivity contribution in [2.75, 3.05) is 7.11 Å². The van der Waals surface area contributed by atoms with Crippen molar-refractivity contribution < 1.29 is 19.2 Å². The van der Waals surface area contributed by atoms with Crippen LogP contribution in [0.25, 0.3) is 16.9 Å². The van der Waals surface area contributed by atoms with Crippen molar-refractivity contribution in [3.8, 4) is 22.8 Å². The van der Waals surface area contributed by atoms with Gasteiger partial charge < -0.3 is 9.84 Å². The second-order valence-corrected chi connectivity index (χ2v) is 6.32. The molecule has 0 saturated carbocycles. The number of nitro groups is 1. The van der Waals surface area contributed by atoms with Crippen LogP contribution < -0.4 is 4.74 Å². The number of methoxy groups -OCH3 is 1. The zero-order valence-electron chi connectivity index (χ0n) is 15.7. The lowest BCUT2D eigenvalue weighted by Crippen LogP contribution is -1.94. The van der Waals surface area contributed by atoms with Gasteiger partial charge >= 0.3 is 0 Å². The van der Waals surface area contributed by atoms with Crippen molar-refractivity contribution in [3.05, 3.63) is 82.3 Å². The van der Waals surface area contributed by atoms with Crippen LogP contribution >= 0.6 is 0 Å². The van der Waals surface area contributed by atoms with Crippen LogP contribution in [0, 0.1) is 15.9 Å². The Bertz CT molecular complexity index is 1300. The molecule has 2 aromatic heterocycles. The summed E-state index contributed by atoms with van der Waals surface area (Å²) in [7, 11) is 1.44. The van der Waals surface area contributed by atoms with E-state index in [1.54, 1.807) is 34.9 Å². The fourth-order valence-corrected chi connectivity index (χ4v) is 3.00. The quantitative estimate of drug-likeness (QED) is 0.298. The maximum absolute atomic E-state index is 14.2. The zero-order chi connectivity index (χ0) is 21.3. The first-order chi connectivity index (χ1) is 14.5. The van der Waals surface area contributed by atoms with E-state index in [0.717, 1.165) is 18.2 Å². The molecule has 0 amide bonds. The Kier molecular flexibility index (Phi) is 4.85. The molecule has 1 N–H and O–H groups in total. The smallest absolute Gasteiger partial charge is 0.270 e. The zero-order valence-corrected chi connectivity index (χ0v) is 15.7. The third kappa shape index (κ3) is 3.44. The highest BCUT2D eigenvalue weighted by Gasteiger charge is 2.16. The third-order valence-corrected chi connectivity index (χ3v) is 4.47. The molecule has 0 aliphatic rings. The van der Waals surface area contributed by atoms with Crippen molar-refractivity contribution in [2.45, 2.75) is 0 Å². The van der Waals surface area contributed by atoms with Crippen molar-refractivity contribution in [1.29, 1.82) is 0 Å². The molecule has 4 rings (SSSR count). The molecular weight excluding hydrogens is 391 g/mol. The lowest BCUT2D eigenvalue weighted by Gasteiger charge is -2.06. The van der Waals surface area contributed by atoms with E-state index in [-0.39, 0.29) is 22.7 Å². The van der Waals surface area contributed by atoms with Crippen LogP contribution in [0.2, 0.25) is 0 Å². The normalized spacial score (nSPS) is 11.3. The van der Waals surface area contributed by atoms with E-state index in [0.29, 0.717) is 22.7 Å². The number of aromatic hydroxyl groups is 1. The number of non-ortho nitro benzene ring substituents is 1. The maximum Gasteiger partial charge on any atom is 0.270 e. The largest absolute Gasteiger partial charge is 0.504 e.